The SMILES string of the molecule is CCCCC(CC)(CNC1CC1)Cc1cnn(C)c1. The highest BCUT2D eigenvalue weighted by molar-refractivity contribution is 5.08. The molecule has 0 spiro atoms. The second kappa shape index (κ2) is 6.56. The summed E-state index contributed by atoms with van der Waals surface area (Å²) < 4.78 is 1.92. The van der Waals surface area contributed by atoms with Crippen LogP contribution in [0.25, 0.3) is 0 Å². The molecule has 1 N–H and O–H groups in total. The van der Waals surface area contributed by atoms with Gasteiger partial charge in [0.2, 0.25) is 0 Å². The van der Waals surface area contributed by atoms with E-state index in [4.69, 9.17) is 0 Å². The normalized spacial score (nSPS) is 18.5. The van der Waals surface area contributed by atoms with Gasteiger partial charge in [-0.3, -0.25) is 4.68 Å². The molecule has 0 aromatic carbocycles. The number of aryl methyl sites for hydroxylation is 1. The molecular formula is C16H29N3. The Morgan fingerprint density at radius 2 is 2.21 bits per heavy atom. The Kier molecular flexibility index (Phi) is 5.03. The zero-order chi connectivity index (χ0) is 13.7. The Bertz CT molecular complexity index is 381. The van der Waals surface area contributed by atoms with Crippen molar-refractivity contribution in [2.45, 2.75) is 64.8 Å². The molecule has 1 aliphatic rings. The van der Waals surface area contributed by atoms with Gasteiger partial charge in [0.15, 0.2) is 0 Å². The molecule has 0 saturated heterocycles. The number of unbranched alkanes of at least 4 members (excludes halogenated alkanes) is 1. The fourth-order valence-corrected chi connectivity index (χ4v) is 2.86. The number of nitrogens with zero attached hydrogens (tertiary/aromatic N) is 2. The quantitative estimate of drug-likeness (QED) is 0.741. The van der Waals surface area contributed by atoms with E-state index in [1.807, 2.05) is 17.9 Å². The van der Waals surface area contributed by atoms with Crippen molar-refractivity contribution in [2.24, 2.45) is 12.5 Å². The molecule has 108 valence electrons. The van der Waals surface area contributed by atoms with Gasteiger partial charge in [-0.2, -0.15) is 5.10 Å². The van der Waals surface area contributed by atoms with Crippen molar-refractivity contribution in [2.75, 3.05) is 6.54 Å². The van der Waals surface area contributed by atoms with Crippen LogP contribution in [0.3, 0.4) is 0 Å². The fraction of sp³-hybridized carbons (Fsp3) is 0.812. The van der Waals surface area contributed by atoms with E-state index in [1.165, 1.54) is 50.6 Å². The zero-order valence-corrected chi connectivity index (χ0v) is 12.8. The van der Waals surface area contributed by atoms with Gasteiger partial charge in [-0.25, -0.2) is 0 Å². The van der Waals surface area contributed by atoms with Crippen molar-refractivity contribution in [3.63, 3.8) is 0 Å². The minimum atomic E-state index is 0.418. The van der Waals surface area contributed by atoms with Crippen LogP contribution in [0.4, 0.5) is 0 Å². The van der Waals surface area contributed by atoms with Gasteiger partial charge in [0.1, 0.15) is 0 Å². The van der Waals surface area contributed by atoms with Crippen LogP contribution in [0.5, 0.6) is 0 Å². The highest BCUT2D eigenvalue weighted by atomic mass is 15.2. The van der Waals surface area contributed by atoms with E-state index >= 15 is 0 Å². The average Bonchev–Trinajstić information content (AvgIpc) is 3.16. The Hall–Kier alpha value is -0.830. The molecule has 0 bridgehead atoms. The van der Waals surface area contributed by atoms with Crippen LogP contribution in [0.15, 0.2) is 12.4 Å². The summed E-state index contributed by atoms with van der Waals surface area (Å²) in [7, 11) is 2.01. The second-order valence-electron chi connectivity index (χ2n) is 6.31. The maximum absolute atomic E-state index is 4.32. The Balaban J connectivity index is 2.00. The largest absolute Gasteiger partial charge is 0.313 e. The van der Waals surface area contributed by atoms with Gasteiger partial charge in [0, 0.05) is 25.8 Å². The Labute approximate surface area is 117 Å². The van der Waals surface area contributed by atoms with Gasteiger partial charge in [-0.05, 0) is 43.1 Å². The predicted octanol–water partition coefficient (Wildman–Crippen LogP) is 3.30. The second-order valence-corrected chi connectivity index (χ2v) is 6.31. The van der Waals surface area contributed by atoms with Crippen molar-refractivity contribution in [1.29, 1.82) is 0 Å². The monoisotopic (exact) mass is 263 g/mol. The molecule has 0 radical (unpaired) electrons. The third-order valence-electron chi connectivity index (χ3n) is 4.49. The minimum Gasteiger partial charge on any atom is -0.313 e. The minimum absolute atomic E-state index is 0.418. The zero-order valence-electron chi connectivity index (χ0n) is 12.8. The van der Waals surface area contributed by atoms with Crippen molar-refractivity contribution >= 4 is 0 Å². The van der Waals surface area contributed by atoms with Crippen molar-refractivity contribution in [3.8, 4) is 0 Å². The molecule has 1 saturated carbocycles. The van der Waals surface area contributed by atoms with Gasteiger partial charge in [-0.15, -0.1) is 0 Å². The first-order valence-electron chi connectivity index (χ1n) is 7.88. The van der Waals surface area contributed by atoms with Crippen LogP contribution in [0.1, 0.15) is 57.9 Å². The first-order chi connectivity index (χ1) is 9.17. The molecule has 1 fully saturated rings. The van der Waals surface area contributed by atoms with Crippen molar-refractivity contribution < 1.29 is 0 Å². The number of hydrogen-bond donors (Lipinski definition) is 1. The van der Waals surface area contributed by atoms with Gasteiger partial charge in [0.05, 0.1) is 6.20 Å². The molecular weight excluding hydrogens is 234 g/mol. The molecule has 1 aliphatic carbocycles. The van der Waals surface area contributed by atoms with Crippen LogP contribution in [-0.2, 0) is 13.5 Å². The molecule has 0 amide bonds. The van der Waals surface area contributed by atoms with Crippen LogP contribution >= 0.6 is 0 Å². The maximum Gasteiger partial charge on any atom is 0.0521 e. The van der Waals surface area contributed by atoms with Crippen LogP contribution in [0.2, 0.25) is 0 Å². The van der Waals surface area contributed by atoms with E-state index in [9.17, 15) is 0 Å². The molecule has 1 heterocycles. The van der Waals surface area contributed by atoms with Crippen LogP contribution < -0.4 is 5.32 Å². The smallest absolute Gasteiger partial charge is 0.0521 e. The fourth-order valence-electron chi connectivity index (χ4n) is 2.86. The first-order valence-corrected chi connectivity index (χ1v) is 7.88. The molecule has 19 heavy (non-hydrogen) atoms. The standard InChI is InChI=1S/C16H29N3/c1-4-6-9-16(5-2,13-17-15-7-8-15)10-14-11-18-19(3)12-14/h11-12,15,17H,4-10,13H2,1-3H3. The van der Waals surface area contributed by atoms with Crippen LogP contribution in [0, 0.1) is 5.41 Å². The summed E-state index contributed by atoms with van der Waals surface area (Å²) in [4.78, 5) is 0. The summed E-state index contributed by atoms with van der Waals surface area (Å²) in [5, 5.41) is 8.08. The molecule has 2 rings (SSSR count). The van der Waals surface area contributed by atoms with Crippen molar-refractivity contribution in [1.82, 2.24) is 15.1 Å². The van der Waals surface area contributed by atoms with Gasteiger partial charge in [-0.1, -0.05) is 26.7 Å². The molecule has 3 nitrogen and oxygen atoms in total. The lowest BCUT2D eigenvalue weighted by Gasteiger charge is -2.33. The van der Waals surface area contributed by atoms with Gasteiger partial charge < -0.3 is 5.32 Å². The number of nitrogens with one attached hydrogen (secondary N) is 1. The molecule has 3 heteroatoms. The molecule has 1 aromatic rings. The van der Waals surface area contributed by atoms with E-state index in [0.717, 1.165) is 12.5 Å². The third-order valence-corrected chi connectivity index (χ3v) is 4.49. The summed E-state index contributed by atoms with van der Waals surface area (Å²) >= 11 is 0. The van der Waals surface area contributed by atoms with E-state index in [1.54, 1.807) is 0 Å². The number of aromatic nitrogens is 2. The summed E-state index contributed by atoms with van der Waals surface area (Å²) in [6.07, 6.45) is 13.3. The van der Waals surface area contributed by atoms with Crippen molar-refractivity contribution in [3.05, 3.63) is 18.0 Å². The number of hydrogen-bond acceptors (Lipinski definition) is 2. The summed E-state index contributed by atoms with van der Waals surface area (Å²) in [5.74, 6) is 0. The lowest BCUT2D eigenvalue weighted by Crippen LogP contribution is -2.37. The Morgan fingerprint density at radius 1 is 1.42 bits per heavy atom. The molecule has 1 atom stereocenters. The first kappa shape index (κ1) is 14.6. The summed E-state index contributed by atoms with van der Waals surface area (Å²) in [6, 6.07) is 0.807. The molecule has 1 unspecified atom stereocenters. The van der Waals surface area contributed by atoms with E-state index in [0.29, 0.717) is 5.41 Å². The van der Waals surface area contributed by atoms with E-state index < -0.39 is 0 Å². The summed E-state index contributed by atoms with van der Waals surface area (Å²) in [6.45, 7) is 5.81. The predicted molar refractivity (Wildman–Crippen MR) is 80.2 cm³/mol. The Morgan fingerprint density at radius 3 is 2.74 bits per heavy atom. The topological polar surface area (TPSA) is 29.9 Å². The molecule has 0 aliphatic heterocycles. The van der Waals surface area contributed by atoms with Gasteiger partial charge in [0.25, 0.3) is 0 Å². The highest BCUT2D eigenvalue weighted by Gasteiger charge is 2.31. The van der Waals surface area contributed by atoms with E-state index in [-0.39, 0.29) is 0 Å². The third kappa shape index (κ3) is 4.34. The lowest BCUT2D eigenvalue weighted by molar-refractivity contribution is 0.228. The van der Waals surface area contributed by atoms with Gasteiger partial charge >= 0.3 is 0 Å². The molecule has 1 aromatic heterocycles. The lowest BCUT2D eigenvalue weighted by atomic mass is 9.75. The van der Waals surface area contributed by atoms with Crippen LogP contribution in [-0.4, -0.2) is 22.4 Å². The maximum atomic E-state index is 4.32. The number of rotatable bonds is 9. The summed E-state index contributed by atoms with van der Waals surface area (Å²) in [5.41, 5.74) is 1.81. The highest BCUT2D eigenvalue weighted by Crippen LogP contribution is 2.33. The average molecular weight is 263 g/mol. The van der Waals surface area contributed by atoms with E-state index in [2.05, 4.69) is 30.5 Å².